The van der Waals surface area contributed by atoms with Crippen molar-refractivity contribution in [2.24, 2.45) is 5.73 Å². The van der Waals surface area contributed by atoms with Crippen LogP contribution in [0, 0.1) is 11.6 Å². The van der Waals surface area contributed by atoms with Gasteiger partial charge in [0.25, 0.3) is 0 Å². The first-order valence-electron chi connectivity index (χ1n) is 17.1. The Bertz CT molecular complexity index is 1560. The number of carbonyl (C=O) groups is 3. The average Bonchev–Trinajstić information content (AvgIpc) is 3.10. The first-order chi connectivity index (χ1) is 23.3. The quantitative estimate of drug-likeness (QED) is 0.147. The highest BCUT2D eigenvalue weighted by Crippen LogP contribution is 2.23. The minimum Gasteiger partial charge on any atom is -0.393 e. The van der Waals surface area contributed by atoms with E-state index in [-0.39, 0.29) is 31.0 Å². The maximum atomic E-state index is 14.4. The monoisotopic (exact) mass is 675 g/mol. The summed E-state index contributed by atoms with van der Waals surface area (Å²) in [6.07, 6.45) is 5.56. The van der Waals surface area contributed by atoms with E-state index in [0.29, 0.717) is 24.8 Å². The van der Waals surface area contributed by atoms with Gasteiger partial charge < -0.3 is 20.6 Å². The van der Waals surface area contributed by atoms with Gasteiger partial charge in [-0.3, -0.25) is 14.4 Å². The molecule has 0 saturated carbocycles. The van der Waals surface area contributed by atoms with Crippen LogP contribution in [0.5, 0.6) is 0 Å². The molecule has 264 valence electrons. The van der Waals surface area contributed by atoms with Crippen molar-refractivity contribution in [3.63, 3.8) is 0 Å². The summed E-state index contributed by atoms with van der Waals surface area (Å²) in [4.78, 5) is 44.3. The number of nitrogens with zero attached hydrogens (tertiary/aromatic N) is 2. The third-order valence-corrected chi connectivity index (χ3v) is 9.43. The zero-order valence-electron chi connectivity index (χ0n) is 29.4. The van der Waals surface area contributed by atoms with Crippen LogP contribution in [0.15, 0.2) is 84.9 Å². The van der Waals surface area contributed by atoms with Crippen molar-refractivity contribution in [3.8, 4) is 11.1 Å². The van der Waals surface area contributed by atoms with Crippen LogP contribution in [0.25, 0.3) is 11.1 Å². The molecule has 0 unspecified atom stereocenters. The maximum Gasteiger partial charge on any atom is 0.246 e. The molecular formula is C40H51F2N3O4. The summed E-state index contributed by atoms with van der Waals surface area (Å²) < 4.78 is 27.9. The highest BCUT2D eigenvalue weighted by atomic mass is 19.2. The molecule has 0 aliphatic carbocycles. The molecule has 0 aliphatic heterocycles. The Balaban J connectivity index is 1.95. The molecule has 3 N–H and O–H groups in total. The fraction of sp³-hybridized carbons (Fsp3) is 0.425. The van der Waals surface area contributed by atoms with Gasteiger partial charge in [-0.1, -0.05) is 80.6 Å². The molecule has 3 aromatic carbocycles. The van der Waals surface area contributed by atoms with E-state index < -0.39 is 41.3 Å². The number of benzene rings is 3. The van der Waals surface area contributed by atoms with E-state index >= 15 is 0 Å². The lowest BCUT2D eigenvalue weighted by molar-refractivity contribution is -0.145. The average molecular weight is 676 g/mol. The van der Waals surface area contributed by atoms with E-state index in [4.69, 9.17) is 5.73 Å². The molecule has 7 nitrogen and oxygen atoms in total. The number of nitrogens with two attached hydrogens (primary N) is 1. The summed E-state index contributed by atoms with van der Waals surface area (Å²) in [5.41, 5.74) is 9.20. The minimum absolute atomic E-state index is 0.0460. The smallest absolute Gasteiger partial charge is 0.246 e. The molecule has 3 aromatic rings. The van der Waals surface area contributed by atoms with Gasteiger partial charge in [-0.2, -0.15) is 0 Å². The van der Waals surface area contributed by atoms with Crippen molar-refractivity contribution in [2.75, 3.05) is 14.1 Å². The van der Waals surface area contributed by atoms with Crippen LogP contribution >= 0.6 is 0 Å². The van der Waals surface area contributed by atoms with Gasteiger partial charge in [-0.15, -0.1) is 0 Å². The molecule has 0 aliphatic rings. The van der Waals surface area contributed by atoms with Crippen LogP contribution in [0.3, 0.4) is 0 Å². The highest BCUT2D eigenvalue weighted by molar-refractivity contribution is 5.95. The summed E-state index contributed by atoms with van der Waals surface area (Å²) in [7, 11) is 3.07. The van der Waals surface area contributed by atoms with Gasteiger partial charge in [-0.05, 0) is 79.5 Å². The topological polar surface area (TPSA) is 104 Å². The van der Waals surface area contributed by atoms with Crippen molar-refractivity contribution in [1.82, 2.24) is 9.80 Å². The fourth-order valence-electron chi connectivity index (χ4n) is 5.76. The van der Waals surface area contributed by atoms with Crippen LogP contribution in [-0.4, -0.2) is 70.3 Å². The molecule has 3 rings (SSSR count). The van der Waals surface area contributed by atoms with Crippen molar-refractivity contribution in [3.05, 3.63) is 108 Å². The molecule has 9 heteroatoms. The van der Waals surface area contributed by atoms with Gasteiger partial charge in [0, 0.05) is 38.9 Å². The van der Waals surface area contributed by atoms with Gasteiger partial charge in [0.05, 0.1) is 12.1 Å². The molecule has 0 aromatic heterocycles. The van der Waals surface area contributed by atoms with E-state index in [1.54, 1.807) is 20.0 Å². The standard InChI is InChI=1S/C40H51F2N3O4/c1-6-40(43,7-2)24-12-17-38(48)44(4)36(26-29-18-21-32(22-19-29)31-14-9-8-10-15-31)39(49)45(5)35(37(47)16-11-13-28(3)46)27-30-20-23-33(41)34(42)25-30/h8-10,12,14-15,17-23,25,28,35-36,46H,6-7,11,13,16,24,26-27,43H2,1-5H3/b17-12+/t28-,35-,36-/m1/s1. The van der Waals surface area contributed by atoms with E-state index in [9.17, 15) is 28.3 Å². The predicted octanol–water partition coefficient (Wildman–Crippen LogP) is 6.66. The first kappa shape index (κ1) is 39.2. The number of Topliss-reactive ketones (excluding diaryl/α,β-unsaturated/α-hetero) is 1. The van der Waals surface area contributed by atoms with E-state index in [1.807, 2.05) is 68.4 Å². The van der Waals surface area contributed by atoms with Crippen molar-refractivity contribution in [1.29, 1.82) is 0 Å². The largest absolute Gasteiger partial charge is 0.393 e. The normalized spacial score (nSPS) is 13.6. The summed E-state index contributed by atoms with van der Waals surface area (Å²) in [6, 6.07) is 19.1. The second kappa shape index (κ2) is 18.5. The molecule has 3 atom stereocenters. The number of likely N-dealkylation sites (N-methyl/N-ethyl adjacent to an activating group) is 2. The summed E-state index contributed by atoms with van der Waals surface area (Å²) in [5, 5.41) is 9.73. The van der Waals surface area contributed by atoms with Crippen LogP contribution in [0.4, 0.5) is 8.78 Å². The van der Waals surface area contributed by atoms with E-state index in [1.165, 1.54) is 29.0 Å². The Kier molecular flexibility index (Phi) is 14.8. The number of ketones is 1. The zero-order chi connectivity index (χ0) is 36.1. The fourth-order valence-corrected chi connectivity index (χ4v) is 5.76. The number of hydrogen-bond acceptors (Lipinski definition) is 5. The minimum atomic E-state index is -1.05. The van der Waals surface area contributed by atoms with Gasteiger partial charge in [0.1, 0.15) is 6.04 Å². The van der Waals surface area contributed by atoms with Gasteiger partial charge in [0.2, 0.25) is 11.8 Å². The summed E-state index contributed by atoms with van der Waals surface area (Å²) >= 11 is 0. The number of halogens is 2. The SMILES string of the molecule is CCC(N)(CC)C/C=C/C(=O)N(C)[C@H](Cc1ccc(-c2ccccc2)cc1)C(=O)N(C)[C@H](Cc1ccc(F)c(F)c1)C(=O)CCC[C@@H](C)O. The van der Waals surface area contributed by atoms with Crippen LogP contribution in [0.1, 0.15) is 70.4 Å². The Morgan fingerprint density at radius 1 is 0.837 bits per heavy atom. The third-order valence-electron chi connectivity index (χ3n) is 9.43. The van der Waals surface area contributed by atoms with Crippen LogP contribution in [0.2, 0.25) is 0 Å². The molecule has 2 amide bonds. The Hall–Kier alpha value is -4.21. The van der Waals surface area contributed by atoms with Crippen molar-refractivity contribution < 1.29 is 28.3 Å². The van der Waals surface area contributed by atoms with E-state index in [2.05, 4.69) is 0 Å². The number of rotatable bonds is 18. The number of aliphatic hydroxyl groups excluding tert-OH is 1. The second-order valence-electron chi connectivity index (χ2n) is 13.0. The molecule has 0 radical (unpaired) electrons. The lowest BCUT2D eigenvalue weighted by Crippen LogP contribution is -2.54. The Morgan fingerprint density at radius 2 is 1.43 bits per heavy atom. The van der Waals surface area contributed by atoms with Gasteiger partial charge in [0.15, 0.2) is 17.4 Å². The van der Waals surface area contributed by atoms with Gasteiger partial charge >= 0.3 is 0 Å². The van der Waals surface area contributed by atoms with Crippen LogP contribution < -0.4 is 5.73 Å². The molecule has 0 heterocycles. The lowest BCUT2D eigenvalue weighted by atomic mass is 9.90. The zero-order valence-corrected chi connectivity index (χ0v) is 29.4. The highest BCUT2D eigenvalue weighted by Gasteiger charge is 2.35. The Labute approximate surface area is 289 Å². The molecule has 0 spiro atoms. The molecule has 49 heavy (non-hydrogen) atoms. The van der Waals surface area contributed by atoms with Crippen molar-refractivity contribution >= 4 is 17.6 Å². The second-order valence-corrected chi connectivity index (χ2v) is 13.0. The van der Waals surface area contributed by atoms with E-state index in [0.717, 1.165) is 41.7 Å². The first-order valence-corrected chi connectivity index (χ1v) is 17.1. The summed E-state index contributed by atoms with van der Waals surface area (Å²) in [6.45, 7) is 5.64. The van der Waals surface area contributed by atoms with Crippen molar-refractivity contribution in [2.45, 2.75) is 95.9 Å². The number of hydrogen-bond donors (Lipinski definition) is 2. The Morgan fingerprint density at radius 3 is 2.02 bits per heavy atom. The van der Waals surface area contributed by atoms with Crippen LogP contribution in [-0.2, 0) is 27.2 Å². The third kappa shape index (κ3) is 11.4. The van der Waals surface area contributed by atoms with Gasteiger partial charge in [-0.25, -0.2) is 8.78 Å². The predicted molar refractivity (Wildman–Crippen MR) is 191 cm³/mol. The number of carbonyl (C=O) groups excluding carboxylic acids is 3. The number of aliphatic hydroxyl groups is 1. The number of amides is 2. The molecule has 0 fully saturated rings. The molecular weight excluding hydrogens is 624 g/mol. The molecule has 0 bridgehead atoms. The maximum absolute atomic E-state index is 14.4. The lowest BCUT2D eigenvalue weighted by Gasteiger charge is -2.34. The molecule has 0 saturated heterocycles. The summed E-state index contributed by atoms with van der Waals surface area (Å²) in [5.74, 6) is -3.19.